The maximum Gasteiger partial charge on any atom is 0.0840 e. The van der Waals surface area contributed by atoms with E-state index >= 15 is 0 Å². The van der Waals surface area contributed by atoms with Crippen LogP contribution in [0.15, 0.2) is 0 Å². The van der Waals surface area contributed by atoms with Gasteiger partial charge >= 0.3 is 0 Å². The molecule has 2 heteroatoms. The Kier molecular flexibility index (Phi) is 2.02. The summed E-state index contributed by atoms with van der Waals surface area (Å²) in [7, 11) is 0. The lowest BCUT2D eigenvalue weighted by Gasteiger charge is -2.47. The van der Waals surface area contributed by atoms with Crippen molar-refractivity contribution in [2.45, 2.75) is 38.9 Å². The van der Waals surface area contributed by atoms with Gasteiger partial charge in [-0.1, -0.05) is 13.8 Å². The Labute approximate surface area is 62.2 Å². The Bertz CT molecular complexity index is 114. The van der Waals surface area contributed by atoms with E-state index in [0.29, 0.717) is 5.92 Å². The quantitative estimate of drug-likeness (QED) is 0.630. The van der Waals surface area contributed by atoms with Gasteiger partial charge in [0.2, 0.25) is 0 Å². The molecule has 0 aromatic rings. The van der Waals surface area contributed by atoms with E-state index in [9.17, 15) is 0 Å². The fourth-order valence-corrected chi connectivity index (χ4v) is 1.30. The van der Waals surface area contributed by atoms with Crippen molar-refractivity contribution in [1.29, 1.82) is 0 Å². The second kappa shape index (κ2) is 2.51. The predicted octanol–water partition coefficient (Wildman–Crippen LogP) is 1.18. The topological polar surface area (TPSA) is 29.5 Å². The second-order valence-electron chi connectivity index (χ2n) is 3.59. The van der Waals surface area contributed by atoms with Gasteiger partial charge in [-0.3, -0.25) is 0 Å². The van der Waals surface area contributed by atoms with Crippen LogP contribution in [0.5, 0.6) is 0 Å². The molecule has 60 valence electrons. The molecule has 10 heavy (non-hydrogen) atoms. The molecule has 1 N–H and O–H groups in total. The lowest BCUT2D eigenvalue weighted by atomic mass is 9.81. The van der Waals surface area contributed by atoms with Gasteiger partial charge in [0.15, 0.2) is 0 Å². The van der Waals surface area contributed by atoms with Crippen molar-refractivity contribution in [3.8, 4) is 0 Å². The van der Waals surface area contributed by atoms with E-state index in [1.807, 2.05) is 0 Å². The summed E-state index contributed by atoms with van der Waals surface area (Å²) in [5.74, 6) is 0.551. The van der Waals surface area contributed by atoms with Crippen LogP contribution < -0.4 is 0 Å². The van der Waals surface area contributed by atoms with Crippen LogP contribution >= 0.6 is 0 Å². The zero-order valence-electron chi connectivity index (χ0n) is 6.92. The summed E-state index contributed by atoms with van der Waals surface area (Å²) in [5, 5.41) is 8.68. The minimum Gasteiger partial charge on any atom is -0.394 e. The fourth-order valence-electron chi connectivity index (χ4n) is 1.30. The monoisotopic (exact) mass is 144 g/mol. The third-order valence-electron chi connectivity index (χ3n) is 2.49. The molecule has 1 aliphatic rings. The molecule has 0 aromatic carbocycles. The highest BCUT2D eigenvalue weighted by molar-refractivity contribution is 4.91. The summed E-state index contributed by atoms with van der Waals surface area (Å²) >= 11 is 0. The molecule has 0 saturated carbocycles. The zero-order valence-corrected chi connectivity index (χ0v) is 6.92. The summed E-state index contributed by atoms with van der Waals surface area (Å²) < 4.78 is 5.49. The summed E-state index contributed by atoms with van der Waals surface area (Å²) in [6.07, 6.45) is 1.11. The van der Waals surface area contributed by atoms with Gasteiger partial charge in [0.25, 0.3) is 0 Å². The average Bonchev–Trinajstić information content (AvgIpc) is 1.80. The Hall–Kier alpha value is -0.0800. The molecule has 0 radical (unpaired) electrons. The van der Waals surface area contributed by atoms with Crippen molar-refractivity contribution >= 4 is 0 Å². The number of aliphatic hydroxyl groups excluding tert-OH is 1. The van der Waals surface area contributed by atoms with Gasteiger partial charge < -0.3 is 9.84 Å². The summed E-state index contributed by atoms with van der Waals surface area (Å²) in [4.78, 5) is 0. The van der Waals surface area contributed by atoms with Crippen molar-refractivity contribution in [3.05, 3.63) is 0 Å². The van der Waals surface area contributed by atoms with E-state index in [1.54, 1.807) is 0 Å². The number of aliphatic hydroxyl groups is 1. The smallest absolute Gasteiger partial charge is 0.0840 e. The molecule has 2 nitrogen and oxygen atoms in total. The van der Waals surface area contributed by atoms with E-state index in [2.05, 4.69) is 20.8 Å². The molecule has 2 unspecified atom stereocenters. The maximum atomic E-state index is 8.68. The van der Waals surface area contributed by atoms with Crippen LogP contribution in [0.25, 0.3) is 0 Å². The molecule has 0 aliphatic carbocycles. The van der Waals surface area contributed by atoms with Crippen LogP contribution in [0.2, 0.25) is 0 Å². The zero-order chi connectivity index (χ0) is 7.78. The molecule has 1 rings (SSSR count). The summed E-state index contributed by atoms with van der Waals surface area (Å²) in [6, 6.07) is 0. The third-order valence-corrected chi connectivity index (χ3v) is 2.49. The van der Waals surface area contributed by atoms with Crippen LogP contribution in [-0.2, 0) is 4.74 Å². The van der Waals surface area contributed by atoms with Crippen LogP contribution in [0.4, 0.5) is 0 Å². The van der Waals surface area contributed by atoms with Gasteiger partial charge in [-0.25, -0.2) is 0 Å². The van der Waals surface area contributed by atoms with Gasteiger partial charge in [-0.05, 0) is 12.8 Å². The van der Waals surface area contributed by atoms with Crippen LogP contribution in [-0.4, -0.2) is 23.4 Å². The van der Waals surface area contributed by atoms with Crippen molar-refractivity contribution in [2.24, 2.45) is 5.92 Å². The van der Waals surface area contributed by atoms with Crippen LogP contribution in [0.1, 0.15) is 27.2 Å². The van der Waals surface area contributed by atoms with Gasteiger partial charge in [-0.2, -0.15) is 0 Å². The van der Waals surface area contributed by atoms with Gasteiger partial charge in [0.1, 0.15) is 0 Å². The van der Waals surface area contributed by atoms with E-state index in [4.69, 9.17) is 9.84 Å². The highest BCUT2D eigenvalue weighted by Gasteiger charge is 2.43. The molecule has 0 bridgehead atoms. The first-order valence-corrected chi connectivity index (χ1v) is 3.87. The van der Waals surface area contributed by atoms with Crippen molar-refractivity contribution in [3.63, 3.8) is 0 Å². The van der Waals surface area contributed by atoms with E-state index in [0.717, 1.165) is 6.42 Å². The minimum atomic E-state index is 0.0351. The molecule has 0 aromatic heterocycles. The molecule has 1 saturated heterocycles. The Morgan fingerprint density at radius 3 is 2.50 bits per heavy atom. The van der Waals surface area contributed by atoms with Crippen molar-refractivity contribution < 1.29 is 9.84 Å². The number of ether oxygens (including phenoxy) is 1. The largest absolute Gasteiger partial charge is 0.394 e. The van der Waals surface area contributed by atoms with Crippen molar-refractivity contribution in [1.82, 2.24) is 0 Å². The highest BCUT2D eigenvalue weighted by atomic mass is 16.5. The molecule has 0 amide bonds. The van der Waals surface area contributed by atoms with Gasteiger partial charge in [0.05, 0.1) is 18.3 Å². The molecule has 1 heterocycles. The van der Waals surface area contributed by atoms with E-state index < -0.39 is 0 Å². The lowest BCUT2D eigenvalue weighted by molar-refractivity contribution is -0.227. The third kappa shape index (κ3) is 1.18. The van der Waals surface area contributed by atoms with Crippen molar-refractivity contribution in [2.75, 3.05) is 6.61 Å². The average molecular weight is 144 g/mol. The van der Waals surface area contributed by atoms with Gasteiger partial charge in [-0.15, -0.1) is 0 Å². The second-order valence-corrected chi connectivity index (χ2v) is 3.59. The van der Waals surface area contributed by atoms with E-state index in [1.165, 1.54) is 0 Å². The first-order chi connectivity index (χ1) is 4.58. The van der Waals surface area contributed by atoms with E-state index in [-0.39, 0.29) is 18.3 Å². The highest BCUT2D eigenvalue weighted by Crippen LogP contribution is 2.37. The molecule has 2 atom stereocenters. The Balaban J connectivity index is 2.34. The molecule has 1 aliphatic heterocycles. The maximum absolute atomic E-state index is 8.68. The molecule has 1 fully saturated rings. The lowest BCUT2D eigenvalue weighted by Crippen LogP contribution is -2.53. The van der Waals surface area contributed by atoms with Crippen LogP contribution in [0.3, 0.4) is 0 Å². The SMILES string of the molecule is CC(C)C1(C)CC(CO)O1. The Morgan fingerprint density at radius 1 is 1.70 bits per heavy atom. The normalized spacial score (nSPS) is 39.9. The van der Waals surface area contributed by atoms with Crippen LogP contribution in [0, 0.1) is 5.92 Å². The number of hydrogen-bond donors (Lipinski definition) is 1. The molecule has 0 spiro atoms. The first kappa shape index (κ1) is 8.02. The molecular formula is C8H16O2. The minimum absolute atomic E-state index is 0.0351. The Morgan fingerprint density at radius 2 is 2.20 bits per heavy atom. The number of hydrogen-bond acceptors (Lipinski definition) is 2. The summed E-state index contributed by atoms with van der Waals surface area (Å²) in [5.41, 5.74) is 0.0351. The fraction of sp³-hybridized carbons (Fsp3) is 1.00. The first-order valence-electron chi connectivity index (χ1n) is 3.87. The predicted molar refractivity (Wildman–Crippen MR) is 39.8 cm³/mol. The number of rotatable bonds is 2. The molecular weight excluding hydrogens is 128 g/mol. The summed E-state index contributed by atoms with van der Waals surface area (Å²) in [6.45, 7) is 6.56. The van der Waals surface area contributed by atoms with Gasteiger partial charge in [0, 0.05) is 6.42 Å². The standard InChI is InChI=1S/C8H16O2/c1-6(2)8(3)4-7(5-9)10-8/h6-7,9H,4-5H2,1-3H3.